The lowest BCUT2D eigenvalue weighted by Gasteiger charge is -2.16. The number of fused-ring (bicyclic) bond motifs is 1. The van der Waals surface area contributed by atoms with Crippen LogP contribution in [0.1, 0.15) is 27.0 Å². The fourth-order valence-corrected chi connectivity index (χ4v) is 5.40. The van der Waals surface area contributed by atoms with Crippen molar-refractivity contribution in [1.29, 1.82) is 0 Å². The molecule has 0 unspecified atom stereocenters. The molecule has 3 aromatic heterocycles. The van der Waals surface area contributed by atoms with Crippen molar-refractivity contribution in [1.82, 2.24) is 24.5 Å². The third-order valence-electron chi connectivity index (χ3n) is 6.10. The highest BCUT2D eigenvalue weighted by Gasteiger charge is 2.25. The Labute approximate surface area is 225 Å². The Hall–Kier alpha value is -4.77. The average molecular weight is 543 g/mol. The van der Waals surface area contributed by atoms with E-state index in [2.05, 4.69) is 19.8 Å². The second kappa shape index (κ2) is 9.84. The number of nitrogen functional groups attached to an aromatic ring is 1. The van der Waals surface area contributed by atoms with E-state index in [0.717, 1.165) is 33.2 Å². The van der Waals surface area contributed by atoms with Crippen molar-refractivity contribution in [3.05, 3.63) is 89.1 Å². The summed E-state index contributed by atoms with van der Waals surface area (Å²) in [6, 6.07) is 16.8. The Bertz CT molecular complexity index is 1840. The van der Waals surface area contributed by atoms with Crippen LogP contribution in [0.25, 0.3) is 22.2 Å². The SMILES string of the molecule is Cc1cc(C)c(Oc2nc(-c3cccc4nn(C)cc34)ccc2C(=O)NS(=O)(=O)c2cccc(N)n2)c(C)c1. The Kier molecular flexibility index (Phi) is 6.52. The smallest absolute Gasteiger partial charge is 0.281 e. The summed E-state index contributed by atoms with van der Waals surface area (Å²) in [6.07, 6.45) is 1.88. The van der Waals surface area contributed by atoms with E-state index in [1.807, 2.05) is 64.3 Å². The van der Waals surface area contributed by atoms with Crippen LogP contribution in [0, 0.1) is 20.8 Å². The zero-order chi connectivity index (χ0) is 27.9. The fraction of sp³-hybridized carbons (Fsp3) is 0.143. The molecule has 0 saturated carbocycles. The molecule has 5 aromatic rings. The van der Waals surface area contributed by atoms with Gasteiger partial charge in [0.15, 0.2) is 5.03 Å². The molecule has 10 nitrogen and oxygen atoms in total. The lowest BCUT2D eigenvalue weighted by atomic mass is 10.1. The first kappa shape index (κ1) is 25.9. The Morgan fingerprint density at radius 3 is 2.41 bits per heavy atom. The fourth-order valence-electron chi connectivity index (χ4n) is 4.46. The van der Waals surface area contributed by atoms with Crippen LogP contribution in [0.4, 0.5) is 5.82 Å². The number of nitrogens with one attached hydrogen (secondary N) is 1. The Balaban J connectivity index is 1.61. The van der Waals surface area contributed by atoms with Crippen molar-refractivity contribution in [2.75, 3.05) is 5.73 Å². The predicted molar refractivity (Wildman–Crippen MR) is 148 cm³/mol. The molecule has 0 spiro atoms. The van der Waals surface area contributed by atoms with Gasteiger partial charge in [0, 0.05) is 24.2 Å². The number of carbonyl (C=O) groups excluding carboxylic acids is 1. The van der Waals surface area contributed by atoms with Crippen molar-refractivity contribution in [3.63, 3.8) is 0 Å². The molecule has 0 atom stereocenters. The van der Waals surface area contributed by atoms with E-state index < -0.39 is 15.9 Å². The zero-order valence-electron chi connectivity index (χ0n) is 21.8. The molecular weight excluding hydrogens is 516 g/mol. The molecule has 3 heterocycles. The van der Waals surface area contributed by atoms with Crippen molar-refractivity contribution in [2.24, 2.45) is 7.05 Å². The number of nitrogens with two attached hydrogens (primary N) is 1. The van der Waals surface area contributed by atoms with E-state index in [9.17, 15) is 13.2 Å². The van der Waals surface area contributed by atoms with Crippen molar-refractivity contribution < 1.29 is 17.9 Å². The molecule has 0 saturated heterocycles. The number of pyridine rings is 2. The van der Waals surface area contributed by atoms with Gasteiger partial charge in [0.25, 0.3) is 15.9 Å². The van der Waals surface area contributed by atoms with Crippen LogP contribution in [-0.4, -0.2) is 34.1 Å². The number of aryl methyl sites for hydroxylation is 4. The maximum absolute atomic E-state index is 13.3. The summed E-state index contributed by atoms with van der Waals surface area (Å²) in [4.78, 5) is 21.8. The molecule has 0 aliphatic rings. The monoisotopic (exact) mass is 542 g/mol. The molecule has 0 aliphatic heterocycles. The normalized spacial score (nSPS) is 11.5. The van der Waals surface area contributed by atoms with Crippen LogP contribution >= 0.6 is 0 Å². The third-order valence-corrected chi connectivity index (χ3v) is 7.33. The Morgan fingerprint density at radius 1 is 0.974 bits per heavy atom. The minimum Gasteiger partial charge on any atom is -0.438 e. The number of benzene rings is 2. The van der Waals surface area contributed by atoms with Gasteiger partial charge < -0.3 is 10.5 Å². The number of carbonyl (C=O) groups is 1. The predicted octanol–water partition coefficient (Wildman–Crippen LogP) is 4.45. The summed E-state index contributed by atoms with van der Waals surface area (Å²) in [5.41, 5.74) is 10.4. The van der Waals surface area contributed by atoms with Crippen LogP contribution in [0.3, 0.4) is 0 Å². The van der Waals surface area contributed by atoms with Gasteiger partial charge in [-0.05, 0) is 62.2 Å². The van der Waals surface area contributed by atoms with Gasteiger partial charge in [0.05, 0.1) is 11.2 Å². The standard InChI is InChI=1S/C28H26N6O4S/c1-16-13-17(2)26(18(3)14-16)38-28-20(27(35)33-39(36,37)25-10-6-9-24(29)31-25)11-12-22(30-28)19-7-5-8-23-21(19)15-34(4)32-23/h5-15H,1-4H3,(H2,29,31)(H,33,35). The molecule has 0 bridgehead atoms. The molecule has 1 amide bonds. The highest BCUT2D eigenvalue weighted by molar-refractivity contribution is 7.90. The zero-order valence-corrected chi connectivity index (χ0v) is 22.6. The molecule has 0 fully saturated rings. The average Bonchev–Trinajstić information content (AvgIpc) is 3.26. The second-order valence-corrected chi connectivity index (χ2v) is 10.9. The largest absolute Gasteiger partial charge is 0.438 e. The van der Waals surface area contributed by atoms with E-state index >= 15 is 0 Å². The van der Waals surface area contributed by atoms with Crippen LogP contribution in [0.5, 0.6) is 11.6 Å². The number of anilines is 1. The second-order valence-electron chi connectivity index (χ2n) is 9.26. The molecular formula is C28H26N6O4S. The number of sulfonamides is 1. The lowest BCUT2D eigenvalue weighted by molar-refractivity contribution is 0.0978. The highest BCUT2D eigenvalue weighted by Crippen LogP contribution is 2.34. The topological polar surface area (TPSA) is 142 Å². The number of aromatic nitrogens is 4. The van der Waals surface area contributed by atoms with Gasteiger partial charge in [0.2, 0.25) is 5.88 Å². The van der Waals surface area contributed by atoms with Gasteiger partial charge >= 0.3 is 0 Å². The third kappa shape index (κ3) is 5.16. The van der Waals surface area contributed by atoms with E-state index in [1.54, 1.807) is 10.7 Å². The number of nitrogens with zero attached hydrogens (tertiary/aromatic N) is 4. The van der Waals surface area contributed by atoms with Gasteiger partial charge in [-0.3, -0.25) is 9.48 Å². The number of hydrogen-bond acceptors (Lipinski definition) is 8. The molecule has 198 valence electrons. The van der Waals surface area contributed by atoms with Gasteiger partial charge in [-0.15, -0.1) is 0 Å². The molecule has 0 aliphatic carbocycles. The minimum absolute atomic E-state index is 0.00950. The summed E-state index contributed by atoms with van der Waals surface area (Å²) < 4.78 is 35.8. The van der Waals surface area contributed by atoms with Gasteiger partial charge in [-0.25, -0.2) is 14.7 Å². The maximum atomic E-state index is 13.3. The summed E-state index contributed by atoms with van der Waals surface area (Å²) in [5, 5.41) is 4.94. The number of amides is 1. The molecule has 3 N–H and O–H groups in total. The number of rotatable bonds is 6. The first-order valence-corrected chi connectivity index (χ1v) is 13.5. The van der Waals surface area contributed by atoms with E-state index in [4.69, 9.17) is 10.5 Å². The first-order valence-electron chi connectivity index (χ1n) is 12.0. The lowest BCUT2D eigenvalue weighted by Crippen LogP contribution is -2.31. The van der Waals surface area contributed by atoms with Gasteiger partial charge in [-0.2, -0.15) is 13.5 Å². The summed E-state index contributed by atoms with van der Waals surface area (Å²) in [7, 11) is -2.48. The minimum atomic E-state index is -4.32. The molecule has 2 aromatic carbocycles. The Morgan fingerprint density at radius 2 is 1.69 bits per heavy atom. The van der Waals surface area contributed by atoms with Crippen molar-refractivity contribution in [2.45, 2.75) is 25.8 Å². The van der Waals surface area contributed by atoms with Crippen LogP contribution in [0.15, 0.2) is 71.9 Å². The molecule has 5 rings (SSSR count). The van der Waals surface area contributed by atoms with E-state index in [0.29, 0.717) is 11.4 Å². The highest BCUT2D eigenvalue weighted by atomic mass is 32.2. The maximum Gasteiger partial charge on any atom is 0.281 e. The summed E-state index contributed by atoms with van der Waals surface area (Å²) in [5.74, 6) is -0.429. The van der Waals surface area contributed by atoms with Crippen LogP contribution in [0.2, 0.25) is 0 Å². The molecule has 39 heavy (non-hydrogen) atoms. The van der Waals surface area contributed by atoms with E-state index in [-0.39, 0.29) is 22.3 Å². The summed E-state index contributed by atoms with van der Waals surface area (Å²) >= 11 is 0. The number of ether oxygens (including phenoxy) is 1. The van der Waals surface area contributed by atoms with Crippen molar-refractivity contribution in [3.8, 4) is 22.9 Å². The van der Waals surface area contributed by atoms with Crippen LogP contribution in [-0.2, 0) is 17.1 Å². The van der Waals surface area contributed by atoms with Crippen molar-refractivity contribution >= 4 is 32.7 Å². The van der Waals surface area contributed by atoms with E-state index in [1.165, 1.54) is 24.3 Å². The first-order chi connectivity index (χ1) is 18.5. The summed E-state index contributed by atoms with van der Waals surface area (Å²) in [6.45, 7) is 5.77. The molecule has 11 heteroatoms. The quantitative estimate of drug-likeness (QED) is 0.320. The van der Waals surface area contributed by atoms with Gasteiger partial charge in [-0.1, -0.05) is 35.9 Å². The molecule has 0 radical (unpaired) electrons. The van der Waals surface area contributed by atoms with Crippen LogP contribution < -0.4 is 15.2 Å². The van der Waals surface area contributed by atoms with Gasteiger partial charge in [0.1, 0.15) is 17.1 Å². The number of hydrogen-bond donors (Lipinski definition) is 2.